The van der Waals surface area contributed by atoms with Gasteiger partial charge >= 0.3 is 0 Å². The van der Waals surface area contributed by atoms with Gasteiger partial charge in [-0.2, -0.15) is 0 Å². The summed E-state index contributed by atoms with van der Waals surface area (Å²) in [5, 5.41) is 12.8. The minimum Gasteiger partial charge on any atom is -0.309 e. The van der Waals surface area contributed by atoms with Crippen molar-refractivity contribution in [3.8, 4) is 28.2 Å². The molecule has 0 unspecified atom stereocenters. The van der Waals surface area contributed by atoms with E-state index >= 15 is 0 Å². The van der Waals surface area contributed by atoms with E-state index in [9.17, 15) is 0 Å². The minimum absolute atomic E-state index is 1.16. The lowest BCUT2D eigenvalue weighted by molar-refractivity contribution is 1.17. The molecule has 14 aromatic rings. The maximum absolute atomic E-state index is 2.56. The van der Waals surface area contributed by atoms with Crippen LogP contribution in [0.15, 0.2) is 212 Å². The molecule has 0 aliphatic heterocycles. The average molecular weight is 806 g/mol. The molecule has 0 amide bonds. The lowest BCUT2D eigenvalue weighted by Crippen LogP contribution is -1.96. The molecule has 0 atom stereocenters. The summed E-state index contributed by atoms with van der Waals surface area (Å²) in [6, 6.07) is 78.3. The molecule has 4 heterocycles. The lowest BCUT2D eigenvalue weighted by Gasteiger charge is -2.12. The minimum atomic E-state index is 1.16. The van der Waals surface area contributed by atoms with Crippen LogP contribution < -0.4 is 0 Å². The van der Waals surface area contributed by atoms with Crippen molar-refractivity contribution in [1.29, 1.82) is 0 Å². The third kappa shape index (κ3) is 4.64. The second-order valence-corrected chi connectivity index (χ2v) is 17.5. The van der Waals surface area contributed by atoms with E-state index in [1.54, 1.807) is 0 Å². The van der Waals surface area contributed by atoms with E-state index in [2.05, 4.69) is 226 Å². The highest BCUT2D eigenvalue weighted by Gasteiger charge is 2.23. The maximum Gasteiger partial charge on any atom is 0.0726 e. The van der Waals surface area contributed by atoms with Gasteiger partial charge in [0.15, 0.2) is 0 Å². The van der Waals surface area contributed by atoms with Gasteiger partial charge in [-0.1, -0.05) is 127 Å². The Morgan fingerprint density at radius 2 is 0.726 bits per heavy atom. The van der Waals surface area contributed by atoms with E-state index in [1.165, 1.54) is 113 Å². The van der Waals surface area contributed by atoms with Gasteiger partial charge in [0.1, 0.15) is 0 Å². The number of aromatic nitrogens is 3. The van der Waals surface area contributed by atoms with Gasteiger partial charge in [0.25, 0.3) is 0 Å². The predicted molar refractivity (Wildman–Crippen MR) is 265 cm³/mol. The summed E-state index contributed by atoms with van der Waals surface area (Å²) in [4.78, 5) is 0. The van der Waals surface area contributed by atoms with Crippen LogP contribution in [0.3, 0.4) is 0 Å². The second-order valence-electron chi connectivity index (χ2n) is 16.4. The van der Waals surface area contributed by atoms with Crippen LogP contribution in [0.5, 0.6) is 0 Å². The molecule has 0 aliphatic carbocycles. The normalized spacial score (nSPS) is 12.2. The fourth-order valence-electron chi connectivity index (χ4n) is 10.6. The number of hydrogen-bond acceptors (Lipinski definition) is 1. The van der Waals surface area contributed by atoms with Crippen molar-refractivity contribution in [2.75, 3.05) is 0 Å². The summed E-state index contributed by atoms with van der Waals surface area (Å²) in [7, 11) is 0. The SMILES string of the molecule is c1ccc(-n2c3ccccc3c3cc(-c4ccc5c(c4)c4c6ccccc6c6c7ccccc7sc6c4n5-c4ccc5c(c4)c4ccccc4n5-c4ccccc4)ccc32)cc1. The van der Waals surface area contributed by atoms with Crippen molar-refractivity contribution in [2.45, 2.75) is 0 Å². The molecule has 0 N–H and O–H groups in total. The molecular weight excluding hydrogens is 771 g/mol. The second kappa shape index (κ2) is 12.8. The molecule has 10 aromatic carbocycles. The Labute approximate surface area is 360 Å². The van der Waals surface area contributed by atoms with Crippen LogP contribution in [-0.4, -0.2) is 13.7 Å². The monoisotopic (exact) mass is 805 g/mol. The van der Waals surface area contributed by atoms with Crippen molar-refractivity contribution >= 4 is 108 Å². The Bertz CT molecular complexity index is 4140. The van der Waals surface area contributed by atoms with Crippen molar-refractivity contribution in [1.82, 2.24) is 13.7 Å². The van der Waals surface area contributed by atoms with Crippen LogP contribution in [-0.2, 0) is 0 Å². The molecular formula is C58H35N3S. The summed E-state index contributed by atoms with van der Waals surface area (Å²) in [5.41, 5.74) is 13.2. The number of nitrogens with zero attached hydrogens (tertiary/aromatic N) is 3. The quantitative estimate of drug-likeness (QED) is 0.168. The fraction of sp³-hybridized carbons (Fsp3) is 0. The first-order valence-electron chi connectivity index (χ1n) is 21.3. The molecule has 0 saturated carbocycles. The molecule has 0 radical (unpaired) electrons. The van der Waals surface area contributed by atoms with E-state index in [1.807, 2.05) is 11.3 Å². The van der Waals surface area contributed by atoms with Gasteiger partial charge in [0.05, 0.1) is 37.8 Å². The first kappa shape index (κ1) is 33.9. The summed E-state index contributed by atoms with van der Waals surface area (Å²) >= 11 is 1.91. The largest absolute Gasteiger partial charge is 0.309 e. The number of fused-ring (bicyclic) bond motifs is 16. The molecule has 4 aromatic heterocycles. The van der Waals surface area contributed by atoms with Crippen LogP contribution in [0.25, 0.3) is 125 Å². The number of thiophene rings is 1. The number of benzene rings is 10. The summed E-state index contributed by atoms with van der Waals surface area (Å²) in [6.07, 6.45) is 0. The van der Waals surface area contributed by atoms with Crippen molar-refractivity contribution in [3.63, 3.8) is 0 Å². The van der Waals surface area contributed by atoms with Crippen LogP contribution in [0.1, 0.15) is 0 Å². The molecule has 0 aliphatic rings. The molecule has 62 heavy (non-hydrogen) atoms. The predicted octanol–water partition coefficient (Wildman–Crippen LogP) is 16.2. The van der Waals surface area contributed by atoms with Crippen molar-refractivity contribution < 1.29 is 0 Å². The third-order valence-corrected chi connectivity index (χ3v) is 14.4. The Morgan fingerprint density at radius 1 is 0.274 bits per heavy atom. The van der Waals surface area contributed by atoms with E-state index in [0.717, 1.165) is 11.4 Å². The van der Waals surface area contributed by atoms with E-state index in [0.29, 0.717) is 0 Å². The van der Waals surface area contributed by atoms with E-state index in [-0.39, 0.29) is 0 Å². The molecule has 0 fully saturated rings. The zero-order valence-corrected chi connectivity index (χ0v) is 34.3. The van der Waals surface area contributed by atoms with Gasteiger partial charge in [-0.05, 0) is 107 Å². The maximum atomic E-state index is 2.56. The summed E-state index contributed by atoms with van der Waals surface area (Å²) < 4.78 is 9.98. The first-order chi connectivity index (χ1) is 30.8. The fourth-order valence-corrected chi connectivity index (χ4v) is 11.8. The molecule has 0 saturated heterocycles. The van der Waals surface area contributed by atoms with Gasteiger partial charge < -0.3 is 13.7 Å². The molecule has 0 spiro atoms. The first-order valence-corrected chi connectivity index (χ1v) is 22.1. The smallest absolute Gasteiger partial charge is 0.0726 e. The Kier molecular flexibility index (Phi) is 6.99. The molecule has 4 heteroatoms. The zero-order valence-electron chi connectivity index (χ0n) is 33.5. The molecule has 3 nitrogen and oxygen atoms in total. The number of rotatable bonds is 4. The Balaban J connectivity index is 1.08. The lowest BCUT2D eigenvalue weighted by atomic mass is 9.97. The van der Waals surface area contributed by atoms with E-state index in [4.69, 9.17) is 0 Å². The summed E-state index contributed by atoms with van der Waals surface area (Å²) in [5.74, 6) is 0. The summed E-state index contributed by atoms with van der Waals surface area (Å²) in [6.45, 7) is 0. The standard InChI is InChI=1S/C58H35N3S/c1-3-15-38(16-4-1)59-49-24-12-9-19-41(49)46-33-36(27-30-51(46)59)37-28-31-53-48(34-37)55-43-21-7-8-22-44(43)56-45-23-11-14-26-54(45)62-58(56)57(55)61(53)40-29-32-52-47(35-40)42-20-10-13-25-50(42)60(52)39-17-5-2-6-18-39/h1-35H. The average Bonchev–Trinajstić information content (AvgIpc) is 4.08. The van der Waals surface area contributed by atoms with Crippen LogP contribution in [0, 0.1) is 0 Å². The third-order valence-electron chi connectivity index (χ3n) is 13.2. The topological polar surface area (TPSA) is 14.8 Å². The molecule has 288 valence electrons. The van der Waals surface area contributed by atoms with Crippen molar-refractivity contribution in [3.05, 3.63) is 212 Å². The van der Waals surface area contributed by atoms with Crippen molar-refractivity contribution in [2.24, 2.45) is 0 Å². The van der Waals surface area contributed by atoms with Crippen LogP contribution >= 0.6 is 11.3 Å². The van der Waals surface area contributed by atoms with Gasteiger partial charge in [0, 0.05) is 64.9 Å². The highest BCUT2D eigenvalue weighted by molar-refractivity contribution is 7.27. The Hall–Kier alpha value is -7.92. The zero-order chi connectivity index (χ0) is 40.5. The Morgan fingerprint density at radius 3 is 1.35 bits per heavy atom. The number of hydrogen-bond donors (Lipinski definition) is 0. The van der Waals surface area contributed by atoms with Gasteiger partial charge in [-0.15, -0.1) is 11.3 Å². The highest BCUT2D eigenvalue weighted by Crippen LogP contribution is 2.49. The van der Waals surface area contributed by atoms with Gasteiger partial charge in [0.2, 0.25) is 0 Å². The highest BCUT2D eigenvalue weighted by atomic mass is 32.1. The van der Waals surface area contributed by atoms with Crippen LogP contribution in [0.4, 0.5) is 0 Å². The van der Waals surface area contributed by atoms with Gasteiger partial charge in [-0.25, -0.2) is 0 Å². The van der Waals surface area contributed by atoms with Crippen LogP contribution in [0.2, 0.25) is 0 Å². The number of para-hydroxylation sites is 4. The molecule has 14 rings (SSSR count). The van der Waals surface area contributed by atoms with E-state index < -0.39 is 0 Å². The van der Waals surface area contributed by atoms with Gasteiger partial charge in [-0.3, -0.25) is 0 Å². The molecule has 0 bridgehead atoms.